The topological polar surface area (TPSA) is 118 Å². The number of amides is 1. The second-order valence-electron chi connectivity index (χ2n) is 8.59. The van der Waals surface area contributed by atoms with E-state index in [0.717, 1.165) is 43.1 Å². The van der Waals surface area contributed by atoms with E-state index in [9.17, 15) is 9.59 Å². The van der Waals surface area contributed by atoms with Crippen molar-refractivity contribution in [1.82, 2.24) is 0 Å². The molecule has 0 atom stereocenters. The molecule has 2 aromatic carbocycles. The molecular formula is C24H30N4O4. The standard InChI is InChI=1S/C24H30N4O4/c1-24(2,3)32-21(29)15-27-20-9-6-17(14-19(20)22(25)23(26)30)16-4-7-18(8-5-16)28-10-12-31-13-11-28/h4-9,14,25,27H,10-13,15H2,1-3H3,(H2,26,30). The van der Waals surface area contributed by atoms with Gasteiger partial charge in [-0.15, -0.1) is 0 Å². The lowest BCUT2D eigenvalue weighted by molar-refractivity contribution is -0.152. The average molecular weight is 439 g/mol. The summed E-state index contributed by atoms with van der Waals surface area (Å²) in [5.74, 6) is -1.28. The Labute approximate surface area is 188 Å². The third kappa shape index (κ3) is 6.07. The van der Waals surface area contributed by atoms with Gasteiger partial charge in [0.25, 0.3) is 5.91 Å². The number of nitrogens with zero attached hydrogens (tertiary/aromatic N) is 1. The van der Waals surface area contributed by atoms with Crippen molar-refractivity contribution in [3.05, 3.63) is 48.0 Å². The molecule has 0 spiro atoms. The number of nitrogens with two attached hydrogens (primary N) is 1. The van der Waals surface area contributed by atoms with Crippen LogP contribution < -0.4 is 16.0 Å². The molecule has 32 heavy (non-hydrogen) atoms. The zero-order valence-electron chi connectivity index (χ0n) is 18.7. The summed E-state index contributed by atoms with van der Waals surface area (Å²) in [6.07, 6.45) is 0. The second kappa shape index (κ2) is 9.82. The molecule has 1 heterocycles. The predicted molar refractivity (Wildman–Crippen MR) is 125 cm³/mol. The minimum Gasteiger partial charge on any atom is -0.459 e. The number of esters is 1. The SMILES string of the molecule is CC(C)(C)OC(=O)CNc1ccc(-c2ccc(N3CCOCC3)cc2)cc1C(=N)C(N)=O. The zero-order valence-corrected chi connectivity index (χ0v) is 18.7. The van der Waals surface area contributed by atoms with Gasteiger partial charge >= 0.3 is 5.97 Å². The molecule has 4 N–H and O–H groups in total. The van der Waals surface area contributed by atoms with E-state index in [4.69, 9.17) is 20.6 Å². The number of primary amides is 1. The lowest BCUT2D eigenvalue weighted by Gasteiger charge is -2.29. The summed E-state index contributed by atoms with van der Waals surface area (Å²) < 4.78 is 10.7. The van der Waals surface area contributed by atoms with Gasteiger partial charge in [0.05, 0.1) is 13.2 Å². The Morgan fingerprint density at radius 1 is 1.09 bits per heavy atom. The molecule has 0 radical (unpaired) electrons. The highest BCUT2D eigenvalue weighted by atomic mass is 16.6. The number of carbonyl (C=O) groups is 2. The minimum atomic E-state index is -0.842. The van der Waals surface area contributed by atoms with E-state index in [1.807, 2.05) is 30.3 Å². The van der Waals surface area contributed by atoms with Gasteiger partial charge in [-0.25, -0.2) is 0 Å². The normalized spacial score (nSPS) is 14.0. The van der Waals surface area contributed by atoms with Crippen LogP contribution in [0, 0.1) is 5.41 Å². The van der Waals surface area contributed by atoms with Gasteiger partial charge in [-0.1, -0.05) is 18.2 Å². The van der Waals surface area contributed by atoms with E-state index < -0.39 is 17.5 Å². The molecule has 0 unspecified atom stereocenters. The van der Waals surface area contributed by atoms with Gasteiger partial charge in [0.2, 0.25) is 0 Å². The van der Waals surface area contributed by atoms with Gasteiger partial charge in [-0.05, 0) is 56.2 Å². The molecule has 0 saturated carbocycles. The Morgan fingerprint density at radius 3 is 2.31 bits per heavy atom. The van der Waals surface area contributed by atoms with Gasteiger partial charge in [0, 0.05) is 30.0 Å². The van der Waals surface area contributed by atoms with Crippen molar-refractivity contribution in [2.75, 3.05) is 43.1 Å². The zero-order chi connectivity index (χ0) is 23.3. The van der Waals surface area contributed by atoms with Crippen LogP contribution in [-0.4, -0.2) is 56.0 Å². The van der Waals surface area contributed by atoms with Crippen molar-refractivity contribution in [3.63, 3.8) is 0 Å². The van der Waals surface area contributed by atoms with Crippen LogP contribution in [0.3, 0.4) is 0 Å². The molecule has 0 aromatic heterocycles. The van der Waals surface area contributed by atoms with Crippen LogP contribution in [0.2, 0.25) is 0 Å². The molecule has 0 bridgehead atoms. The number of benzene rings is 2. The third-order valence-electron chi connectivity index (χ3n) is 4.96. The monoisotopic (exact) mass is 438 g/mol. The lowest BCUT2D eigenvalue weighted by Crippen LogP contribution is -2.36. The molecule has 1 amide bonds. The molecule has 1 aliphatic rings. The van der Waals surface area contributed by atoms with Crippen molar-refractivity contribution in [2.24, 2.45) is 5.73 Å². The van der Waals surface area contributed by atoms with Gasteiger partial charge in [0.1, 0.15) is 17.9 Å². The first kappa shape index (κ1) is 23.3. The van der Waals surface area contributed by atoms with Gasteiger partial charge < -0.3 is 25.4 Å². The fourth-order valence-corrected chi connectivity index (χ4v) is 3.45. The number of morpholine rings is 1. The molecule has 1 aliphatic heterocycles. The van der Waals surface area contributed by atoms with Gasteiger partial charge in [-0.3, -0.25) is 15.0 Å². The Bertz CT molecular complexity index is 990. The largest absolute Gasteiger partial charge is 0.459 e. The first-order chi connectivity index (χ1) is 15.1. The molecule has 3 rings (SSSR count). The molecule has 2 aromatic rings. The fourth-order valence-electron chi connectivity index (χ4n) is 3.45. The summed E-state index contributed by atoms with van der Waals surface area (Å²) in [7, 11) is 0. The van der Waals surface area contributed by atoms with E-state index in [1.54, 1.807) is 32.9 Å². The van der Waals surface area contributed by atoms with E-state index in [-0.39, 0.29) is 12.3 Å². The van der Waals surface area contributed by atoms with Crippen LogP contribution in [0.5, 0.6) is 0 Å². The highest BCUT2D eigenvalue weighted by Crippen LogP contribution is 2.28. The van der Waals surface area contributed by atoms with E-state index in [2.05, 4.69) is 10.2 Å². The Hall–Kier alpha value is -3.39. The molecule has 1 saturated heterocycles. The molecule has 8 nitrogen and oxygen atoms in total. The van der Waals surface area contributed by atoms with Crippen molar-refractivity contribution in [2.45, 2.75) is 26.4 Å². The summed E-state index contributed by atoms with van der Waals surface area (Å²) in [4.78, 5) is 26.0. The highest BCUT2D eigenvalue weighted by molar-refractivity contribution is 6.44. The Balaban J connectivity index is 1.82. The number of carbonyl (C=O) groups excluding carboxylic acids is 2. The van der Waals surface area contributed by atoms with Crippen molar-refractivity contribution in [1.29, 1.82) is 5.41 Å². The molecule has 170 valence electrons. The minimum absolute atomic E-state index is 0.0933. The highest BCUT2D eigenvalue weighted by Gasteiger charge is 2.19. The van der Waals surface area contributed by atoms with Gasteiger partial charge in [-0.2, -0.15) is 0 Å². The summed E-state index contributed by atoms with van der Waals surface area (Å²) >= 11 is 0. The second-order valence-corrected chi connectivity index (χ2v) is 8.59. The van der Waals surface area contributed by atoms with E-state index in [1.165, 1.54) is 0 Å². The molecule has 1 fully saturated rings. The summed E-state index contributed by atoms with van der Waals surface area (Å²) in [6, 6.07) is 13.5. The van der Waals surface area contributed by atoms with Crippen LogP contribution in [-0.2, 0) is 19.1 Å². The lowest BCUT2D eigenvalue weighted by atomic mass is 9.98. The Kier molecular flexibility index (Phi) is 7.15. The number of hydrogen-bond acceptors (Lipinski definition) is 7. The first-order valence-corrected chi connectivity index (χ1v) is 10.6. The predicted octanol–water partition coefficient (Wildman–Crippen LogP) is 2.80. The van der Waals surface area contributed by atoms with Gasteiger partial charge in [0.15, 0.2) is 0 Å². The van der Waals surface area contributed by atoms with E-state index in [0.29, 0.717) is 11.3 Å². The van der Waals surface area contributed by atoms with Crippen LogP contribution in [0.4, 0.5) is 11.4 Å². The smallest absolute Gasteiger partial charge is 0.325 e. The maximum atomic E-state index is 12.1. The maximum Gasteiger partial charge on any atom is 0.325 e. The van der Waals surface area contributed by atoms with Crippen LogP contribution in [0.15, 0.2) is 42.5 Å². The van der Waals surface area contributed by atoms with Crippen molar-refractivity contribution < 1.29 is 19.1 Å². The van der Waals surface area contributed by atoms with Crippen LogP contribution in [0.1, 0.15) is 26.3 Å². The fraction of sp³-hybridized carbons (Fsp3) is 0.375. The number of hydrogen-bond donors (Lipinski definition) is 3. The third-order valence-corrected chi connectivity index (χ3v) is 4.96. The number of anilines is 2. The number of rotatable bonds is 7. The maximum absolute atomic E-state index is 12.1. The van der Waals surface area contributed by atoms with Crippen molar-refractivity contribution in [3.8, 4) is 11.1 Å². The molecular weight excluding hydrogens is 408 g/mol. The summed E-state index contributed by atoms with van der Waals surface area (Å²) in [6.45, 7) is 8.43. The van der Waals surface area contributed by atoms with E-state index >= 15 is 0 Å². The first-order valence-electron chi connectivity index (χ1n) is 10.6. The Morgan fingerprint density at radius 2 is 1.72 bits per heavy atom. The van der Waals surface area contributed by atoms with Crippen LogP contribution >= 0.6 is 0 Å². The molecule has 0 aliphatic carbocycles. The number of nitrogens with one attached hydrogen (secondary N) is 2. The van der Waals surface area contributed by atoms with Crippen LogP contribution in [0.25, 0.3) is 11.1 Å². The summed E-state index contributed by atoms with van der Waals surface area (Å²) in [5, 5.41) is 11.1. The average Bonchev–Trinajstić information content (AvgIpc) is 2.76. The van der Waals surface area contributed by atoms with Crippen molar-refractivity contribution >= 4 is 29.0 Å². The number of ether oxygens (including phenoxy) is 2. The molecule has 8 heteroatoms. The quantitative estimate of drug-likeness (QED) is 0.452. The summed E-state index contributed by atoms with van der Waals surface area (Å²) in [5.41, 5.74) is 8.14.